The summed E-state index contributed by atoms with van der Waals surface area (Å²) in [5.74, 6) is 1.29. The molecule has 0 unspecified atom stereocenters. The zero-order valence-electron chi connectivity index (χ0n) is 10.4. The van der Waals surface area contributed by atoms with E-state index in [2.05, 4.69) is 15.8 Å². The highest BCUT2D eigenvalue weighted by atomic mass is 32.2. The molecule has 0 aliphatic carbocycles. The minimum atomic E-state index is 0.0824. The van der Waals surface area contributed by atoms with Crippen molar-refractivity contribution in [2.45, 2.75) is 45.2 Å². The average Bonchev–Trinajstić information content (AvgIpc) is 2.71. The van der Waals surface area contributed by atoms with Crippen LogP contribution in [0.3, 0.4) is 0 Å². The summed E-state index contributed by atoms with van der Waals surface area (Å²) in [5.41, 5.74) is 7.01. The normalized spacial score (nSPS) is 12.9. The van der Waals surface area contributed by atoms with E-state index in [0.717, 1.165) is 12.2 Å². The van der Waals surface area contributed by atoms with E-state index in [9.17, 15) is 0 Å². The number of hydrogen-bond donors (Lipinski definition) is 1. The van der Waals surface area contributed by atoms with Gasteiger partial charge in [-0.2, -0.15) is 11.8 Å². The maximum absolute atomic E-state index is 5.87. The van der Waals surface area contributed by atoms with Crippen LogP contribution in [0.2, 0.25) is 0 Å². The first kappa shape index (κ1) is 13.6. The highest BCUT2D eigenvalue weighted by molar-refractivity contribution is 7.98. The van der Waals surface area contributed by atoms with Gasteiger partial charge in [-0.25, -0.2) is 4.98 Å². The SMILES string of the molecule is CSCCCCCCn1cncc1[C@H](C)N. The van der Waals surface area contributed by atoms with Crippen LogP contribution in [0.25, 0.3) is 0 Å². The minimum Gasteiger partial charge on any atom is -0.333 e. The summed E-state index contributed by atoms with van der Waals surface area (Å²) < 4.78 is 2.18. The fourth-order valence-electron chi connectivity index (χ4n) is 1.78. The van der Waals surface area contributed by atoms with E-state index in [-0.39, 0.29) is 6.04 Å². The van der Waals surface area contributed by atoms with Crippen LogP contribution < -0.4 is 5.73 Å². The number of aromatic nitrogens is 2. The van der Waals surface area contributed by atoms with Crippen LogP contribution in [-0.2, 0) is 6.54 Å². The van der Waals surface area contributed by atoms with Crippen LogP contribution in [0, 0.1) is 0 Å². The number of rotatable bonds is 8. The standard InChI is InChI=1S/C12H23N3S/c1-11(13)12-9-14-10-15(12)7-5-3-4-6-8-16-2/h9-11H,3-8,13H2,1-2H3/t11-/m0/s1. The zero-order valence-corrected chi connectivity index (χ0v) is 11.2. The number of aryl methyl sites for hydroxylation is 1. The summed E-state index contributed by atoms with van der Waals surface area (Å²) in [5, 5.41) is 0. The lowest BCUT2D eigenvalue weighted by Crippen LogP contribution is -2.11. The molecule has 0 amide bonds. The molecule has 1 aromatic rings. The lowest BCUT2D eigenvalue weighted by atomic mass is 10.2. The fraction of sp³-hybridized carbons (Fsp3) is 0.750. The molecule has 0 fully saturated rings. The maximum atomic E-state index is 5.87. The summed E-state index contributed by atoms with van der Waals surface area (Å²) in [7, 11) is 0. The Morgan fingerprint density at radius 3 is 2.81 bits per heavy atom. The van der Waals surface area contributed by atoms with Crippen LogP contribution in [0.5, 0.6) is 0 Å². The molecular weight excluding hydrogens is 218 g/mol. The molecule has 0 aliphatic heterocycles. The summed E-state index contributed by atoms with van der Waals surface area (Å²) in [6.07, 6.45) is 11.1. The second-order valence-electron chi connectivity index (χ2n) is 4.21. The molecule has 1 rings (SSSR count). The summed E-state index contributed by atoms with van der Waals surface area (Å²) >= 11 is 1.93. The Morgan fingerprint density at radius 1 is 1.38 bits per heavy atom. The van der Waals surface area contributed by atoms with Gasteiger partial charge < -0.3 is 10.3 Å². The Bertz CT molecular complexity index is 284. The molecule has 0 aliphatic rings. The number of nitrogens with zero attached hydrogens (tertiary/aromatic N) is 2. The second-order valence-corrected chi connectivity index (χ2v) is 5.19. The molecule has 4 heteroatoms. The first-order valence-electron chi connectivity index (χ1n) is 6.00. The van der Waals surface area contributed by atoms with Crippen molar-refractivity contribution in [3.8, 4) is 0 Å². The van der Waals surface area contributed by atoms with Gasteiger partial charge in [0.25, 0.3) is 0 Å². The van der Waals surface area contributed by atoms with Crippen LogP contribution in [0.4, 0.5) is 0 Å². The maximum Gasteiger partial charge on any atom is 0.0948 e. The lowest BCUT2D eigenvalue weighted by molar-refractivity contribution is 0.556. The van der Waals surface area contributed by atoms with Gasteiger partial charge in [-0.3, -0.25) is 0 Å². The Labute approximate surface area is 103 Å². The molecule has 1 aromatic heterocycles. The Kier molecular flexibility index (Phi) is 6.57. The van der Waals surface area contributed by atoms with Crippen molar-refractivity contribution in [3.63, 3.8) is 0 Å². The number of imidazole rings is 1. The number of hydrogen-bond acceptors (Lipinski definition) is 3. The van der Waals surface area contributed by atoms with Crippen LogP contribution in [-0.4, -0.2) is 21.6 Å². The lowest BCUT2D eigenvalue weighted by Gasteiger charge is -2.10. The van der Waals surface area contributed by atoms with Crippen LogP contribution in [0.1, 0.15) is 44.3 Å². The molecular formula is C12H23N3S. The van der Waals surface area contributed by atoms with Gasteiger partial charge in [-0.05, 0) is 31.8 Å². The minimum absolute atomic E-state index is 0.0824. The molecule has 0 saturated carbocycles. The number of nitrogens with two attached hydrogens (primary N) is 1. The van der Waals surface area contributed by atoms with Gasteiger partial charge in [0.1, 0.15) is 0 Å². The third kappa shape index (κ3) is 4.58. The first-order chi connectivity index (χ1) is 7.75. The van der Waals surface area contributed by atoms with Crippen molar-refractivity contribution in [2.24, 2.45) is 5.73 Å². The second kappa shape index (κ2) is 7.74. The topological polar surface area (TPSA) is 43.8 Å². The van der Waals surface area contributed by atoms with E-state index in [1.165, 1.54) is 31.4 Å². The molecule has 3 nitrogen and oxygen atoms in total. The largest absolute Gasteiger partial charge is 0.333 e. The molecule has 0 aromatic carbocycles. The summed E-state index contributed by atoms with van der Waals surface area (Å²) in [4.78, 5) is 4.15. The molecule has 1 atom stereocenters. The molecule has 0 bridgehead atoms. The van der Waals surface area contributed by atoms with Gasteiger partial charge in [0, 0.05) is 18.8 Å². The Morgan fingerprint density at radius 2 is 2.12 bits per heavy atom. The van der Waals surface area contributed by atoms with E-state index in [4.69, 9.17) is 5.73 Å². The first-order valence-corrected chi connectivity index (χ1v) is 7.39. The summed E-state index contributed by atoms with van der Waals surface area (Å²) in [6, 6.07) is 0.0824. The number of thioether (sulfide) groups is 1. The van der Waals surface area contributed by atoms with E-state index < -0.39 is 0 Å². The predicted octanol–water partition coefficient (Wildman–Crippen LogP) is 2.83. The fourth-order valence-corrected chi connectivity index (χ4v) is 2.27. The predicted molar refractivity (Wildman–Crippen MR) is 71.7 cm³/mol. The van der Waals surface area contributed by atoms with Crippen molar-refractivity contribution in [1.29, 1.82) is 0 Å². The average molecular weight is 241 g/mol. The van der Waals surface area contributed by atoms with Crippen molar-refractivity contribution < 1.29 is 0 Å². The highest BCUT2D eigenvalue weighted by Gasteiger charge is 2.05. The molecule has 2 N–H and O–H groups in total. The highest BCUT2D eigenvalue weighted by Crippen LogP contribution is 2.11. The van der Waals surface area contributed by atoms with Crippen molar-refractivity contribution in [1.82, 2.24) is 9.55 Å². The number of unbranched alkanes of at least 4 members (excludes halogenated alkanes) is 3. The Balaban J connectivity index is 2.19. The van der Waals surface area contributed by atoms with Crippen molar-refractivity contribution in [3.05, 3.63) is 18.2 Å². The third-order valence-corrected chi connectivity index (χ3v) is 3.41. The quantitative estimate of drug-likeness (QED) is 0.712. The van der Waals surface area contributed by atoms with Crippen molar-refractivity contribution in [2.75, 3.05) is 12.0 Å². The van der Waals surface area contributed by atoms with Gasteiger partial charge >= 0.3 is 0 Å². The monoisotopic (exact) mass is 241 g/mol. The molecule has 0 spiro atoms. The summed E-state index contributed by atoms with van der Waals surface area (Å²) in [6.45, 7) is 3.06. The van der Waals surface area contributed by atoms with E-state index in [0.29, 0.717) is 0 Å². The molecule has 16 heavy (non-hydrogen) atoms. The van der Waals surface area contributed by atoms with Gasteiger partial charge in [0.15, 0.2) is 0 Å². The van der Waals surface area contributed by atoms with Gasteiger partial charge in [0.05, 0.1) is 12.0 Å². The van der Waals surface area contributed by atoms with Gasteiger partial charge in [-0.1, -0.05) is 12.8 Å². The Hall–Kier alpha value is -0.480. The van der Waals surface area contributed by atoms with Crippen LogP contribution in [0.15, 0.2) is 12.5 Å². The molecule has 92 valence electrons. The zero-order chi connectivity index (χ0) is 11.8. The molecule has 0 saturated heterocycles. The van der Waals surface area contributed by atoms with E-state index in [1.54, 1.807) is 0 Å². The van der Waals surface area contributed by atoms with Gasteiger partial charge in [0.2, 0.25) is 0 Å². The van der Waals surface area contributed by atoms with E-state index >= 15 is 0 Å². The molecule has 0 radical (unpaired) electrons. The van der Waals surface area contributed by atoms with E-state index in [1.807, 2.05) is 31.2 Å². The van der Waals surface area contributed by atoms with Crippen molar-refractivity contribution >= 4 is 11.8 Å². The van der Waals surface area contributed by atoms with Gasteiger partial charge in [-0.15, -0.1) is 0 Å². The molecule has 1 heterocycles. The van der Waals surface area contributed by atoms with Crippen LogP contribution >= 0.6 is 11.8 Å². The smallest absolute Gasteiger partial charge is 0.0948 e. The third-order valence-electron chi connectivity index (χ3n) is 2.71.